The largest absolute Gasteiger partial charge is 0.380 e. The third-order valence-corrected chi connectivity index (χ3v) is 4.05. The molecule has 0 aliphatic rings. The van der Waals surface area contributed by atoms with Gasteiger partial charge in [-0.15, -0.1) is 11.8 Å². The van der Waals surface area contributed by atoms with Gasteiger partial charge in [-0.2, -0.15) is 0 Å². The lowest BCUT2D eigenvalue weighted by Gasteiger charge is -2.18. The molecular weight excluding hydrogens is 266 g/mol. The van der Waals surface area contributed by atoms with Crippen LogP contribution in [0.4, 0.5) is 5.69 Å². The van der Waals surface area contributed by atoms with Gasteiger partial charge in [0.1, 0.15) is 0 Å². The van der Waals surface area contributed by atoms with Crippen LogP contribution in [0.5, 0.6) is 0 Å². The van der Waals surface area contributed by atoms with Crippen molar-refractivity contribution in [2.24, 2.45) is 0 Å². The molecule has 0 bridgehead atoms. The van der Waals surface area contributed by atoms with Crippen LogP contribution in [0.25, 0.3) is 0 Å². The molecule has 2 aromatic carbocycles. The molecule has 0 aliphatic carbocycles. The van der Waals surface area contributed by atoms with Crippen LogP contribution in [0.3, 0.4) is 0 Å². The smallest absolute Gasteiger partial charge is 0.0733 e. The molecule has 2 rings (SSSR count). The molecule has 1 atom stereocenters. The van der Waals surface area contributed by atoms with E-state index < -0.39 is 0 Å². The van der Waals surface area contributed by atoms with Crippen molar-refractivity contribution in [3.05, 3.63) is 59.7 Å². The first-order valence-electron chi connectivity index (χ1n) is 6.72. The molecule has 0 radical (unpaired) electrons. The average molecular weight is 287 g/mol. The number of ether oxygens (including phenoxy) is 1. The fourth-order valence-corrected chi connectivity index (χ4v) is 2.56. The number of anilines is 1. The minimum absolute atomic E-state index is 0.268. The highest BCUT2D eigenvalue weighted by atomic mass is 32.2. The zero-order chi connectivity index (χ0) is 14.4. The van der Waals surface area contributed by atoms with E-state index in [-0.39, 0.29) is 6.04 Å². The Labute approximate surface area is 125 Å². The van der Waals surface area contributed by atoms with Gasteiger partial charge in [0.25, 0.3) is 0 Å². The summed E-state index contributed by atoms with van der Waals surface area (Å²) in [4.78, 5) is 1.29. The second kappa shape index (κ2) is 7.36. The van der Waals surface area contributed by atoms with Crippen LogP contribution in [-0.4, -0.2) is 13.4 Å². The second-order valence-corrected chi connectivity index (χ2v) is 5.61. The number of rotatable bonds is 6. The fourth-order valence-electron chi connectivity index (χ4n) is 2.15. The predicted octanol–water partition coefficient (Wildman–Crippen LogP) is 4.73. The van der Waals surface area contributed by atoms with Gasteiger partial charge < -0.3 is 10.1 Å². The van der Waals surface area contributed by atoms with Gasteiger partial charge in [0.2, 0.25) is 0 Å². The minimum Gasteiger partial charge on any atom is -0.380 e. The van der Waals surface area contributed by atoms with Crippen LogP contribution in [0.15, 0.2) is 53.4 Å². The van der Waals surface area contributed by atoms with Crippen molar-refractivity contribution in [2.75, 3.05) is 18.7 Å². The van der Waals surface area contributed by atoms with E-state index in [1.165, 1.54) is 16.0 Å². The summed E-state index contributed by atoms with van der Waals surface area (Å²) in [5.41, 5.74) is 3.60. The van der Waals surface area contributed by atoms with E-state index in [0.717, 1.165) is 5.69 Å². The van der Waals surface area contributed by atoms with Crippen LogP contribution in [0, 0.1) is 0 Å². The van der Waals surface area contributed by atoms with Crippen LogP contribution in [-0.2, 0) is 11.3 Å². The number of benzene rings is 2. The first-order valence-corrected chi connectivity index (χ1v) is 7.94. The Bertz CT molecular complexity index is 539. The Balaban J connectivity index is 2.12. The highest BCUT2D eigenvalue weighted by Gasteiger charge is 2.08. The molecule has 0 aromatic heterocycles. The Morgan fingerprint density at radius 1 is 1.10 bits per heavy atom. The summed E-state index contributed by atoms with van der Waals surface area (Å²) >= 11 is 1.77. The van der Waals surface area contributed by atoms with Crippen molar-refractivity contribution in [1.29, 1.82) is 0 Å². The van der Waals surface area contributed by atoms with Gasteiger partial charge in [0.15, 0.2) is 0 Å². The van der Waals surface area contributed by atoms with Crippen molar-refractivity contribution in [1.82, 2.24) is 0 Å². The molecule has 0 heterocycles. The zero-order valence-corrected chi connectivity index (χ0v) is 13.0. The van der Waals surface area contributed by atoms with Crippen molar-refractivity contribution in [3.8, 4) is 0 Å². The van der Waals surface area contributed by atoms with Crippen molar-refractivity contribution >= 4 is 17.4 Å². The molecule has 0 spiro atoms. The maximum absolute atomic E-state index is 5.24. The van der Waals surface area contributed by atoms with Gasteiger partial charge in [-0.05, 0) is 36.9 Å². The Morgan fingerprint density at radius 3 is 2.45 bits per heavy atom. The molecule has 0 aliphatic heterocycles. The molecule has 2 nitrogen and oxygen atoms in total. The van der Waals surface area contributed by atoms with Crippen molar-refractivity contribution in [3.63, 3.8) is 0 Å². The Kier molecular flexibility index (Phi) is 5.50. The third-order valence-electron chi connectivity index (χ3n) is 3.31. The molecule has 0 amide bonds. The first-order chi connectivity index (χ1) is 9.74. The van der Waals surface area contributed by atoms with Gasteiger partial charge >= 0.3 is 0 Å². The lowest BCUT2D eigenvalue weighted by Crippen LogP contribution is -2.08. The minimum atomic E-state index is 0.268. The monoisotopic (exact) mass is 287 g/mol. The van der Waals surface area contributed by atoms with Crippen LogP contribution >= 0.6 is 11.8 Å². The molecule has 0 saturated heterocycles. The number of nitrogens with one attached hydrogen (secondary N) is 1. The summed E-state index contributed by atoms with van der Waals surface area (Å²) in [6, 6.07) is 17.2. The number of hydrogen-bond acceptors (Lipinski definition) is 3. The molecule has 3 heteroatoms. The van der Waals surface area contributed by atoms with Crippen molar-refractivity contribution in [2.45, 2.75) is 24.5 Å². The van der Waals surface area contributed by atoms with Crippen molar-refractivity contribution < 1.29 is 4.74 Å². The Hall–Kier alpha value is -1.45. The van der Waals surface area contributed by atoms with Crippen LogP contribution < -0.4 is 5.32 Å². The zero-order valence-electron chi connectivity index (χ0n) is 12.2. The van der Waals surface area contributed by atoms with Gasteiger partial charge in [-0.1, -0.05) is 30.3 Å². The van der Waals surface area contributed by atoms with Gasteiger partial charge in [0, 0.05) is 29.3 Å². The van der Waals surface area contributed by atoms with Gasteiger partial charge in [0.05, 0.1) is 6.61 Å². The summed E-state index contributed by atoms with van der Waals surface area (Å²) in [5, 5.41) is 3.56. The summed E-state index contributed by atoms with van der Waals surface area (Å²) in [6.45, 7) is 2.80. The summed E-state index contributed by atoms with van der Waals surface area (Å²) in [6.07, 6.45) is 2.09. The highest BCUT2D eigenvalue weighted by Crippen LogP contribution is 2.24. The summed E-state index contributed by atoms with van der Waals surface area (Å²) in [5.74, 6) is 0. The topological polar surface area (TPSA) is 21.3 Å². The lowest BCUT2D eigenvalue weighted by atomic mass is 10.1. The highest BCUT2D eigenvalue weighted by molar-refractivity contribution is 7.98. The second-order valence-electron chi connectivity index (χ2n) is 4.73. The van der Waals surface area contributed by atoms with E-state index >= 15 is 0 Å². The lowest BCUT2D eigenvalue weighted by molar-refractivity contribution is 0.185. The molecule has 20 heavy (non-hydrogen) atoms. The van der Waals surface area contributed by atoms with E-state index in [9.17, 15) is 0 Å². The summed E-state index contributed by atoms with van der Waals surface area (Å²) in [7, 11) is 1.72. The number of thioether (sulfide) groups is 1. The Morgan fingerprint density at radius 2 is 1.80 bits per heavy atom. The molecule has 106 valence electrons. The van der Waals surface area contributed by atoms with Crippen LogP contribution in [0.1, 0.15) is 24.1 Å². The number of para-hydroxylation sites is 1. The standard InChI is InChI=1S/C17H21NOS/c1-13(14-8-10-16(20-3)11-9-14)18-17-7-5-4-6-15(17)12-19-2/h4-11,13,18H,12H2,1-3H3. The maximum atomic E-state index is 5.24. The average Bonchev–Trinajstić information content (AvgIpc) is 2.49. The SMILES string of the molecule is COCc1ccccc1NC(C)c1ccc(SC)cc1. The fraction of sp³-hybridized carbons (Fsp3) is 0.294. The number of hydrogen-bond donors (Lipinski definition) is 1. The van der Waals surface area contributed by atoms with Gasteiger partial charge in [-0.3, -0.25) is 0 Å². The normalized spacial score (nSPS) is 12.2. The van der Waals surface area contributed by atoms with Gasteiger partial charge in [-0.25, -0.2) is 0 Å². The molecule has 1 N–H and O–H groups in total. The maximum Gasteiger partial charge on any atom is 0.0733 e. The summed E-state index contributed by atoms with van der Waals surface area (Å²) < 4.78 is 5.24. The molecule has 0 fully saturated rings. The van der Waals surface area contributed by atoms with E-state index in [1.807, 2.05) is 12.1 Å². The predicted molar refractivity (Wildman–Crippen MR) is 87.4 cm³/mol. The number of methoxy groups -OCH3 is 1. The molecular formula is C17H21NOS. The first kappa shape index (κ1) is 14.9. The molecule has 2 aromatic rings. The van der Waals surface area contributed by atoms with Crippen LogP contribution in [0.2, 0.25) is 0 Å². The quantitative estimate of drug-likeness (QED) is 0.776. The van der Waals surface area contributed by atoms with E-state index in [4.69, 9.17) is 4.74 Å². The molecule has 0 saturated carbocycles. The third kappa shape index (κ3) is 3.78. The molecule has 1 unspecified atom stereocenters. The van der Waals surface area contributed by atoms with E-state index in [1.54, 1.807) is 18.9 Å². The van der Waals surface area contributed by atoms with E-state index in [0.29, 0.717) is 6.61 Å². The van der Waals surface area contributed by atoms with E-state index in [2.05, 4.69) is 54.9 Å².